The highest BCUT2D eigenvalue weighted by molar-refractivity contribution is 4.57. The molecule has 1 N–H and O–H groups in total. The van der Waals surface area contributed by atoms with Crippen LogP contribution in [0.2, 0.25) is 0 Å². The number of unbranched alkanes of at least 4 members (excludes halogenated alkanes) is 3. The molecule has 0 aromatic rings. The van der Waals surface area contributed by atoms with Crippen LogP contribution in [-0.2, 0) is 0 Å². The van der Waals surface area contributed by atoms with Gasteiger partial charge >= 0.3 is 0 Å². The molecule has 0 aliphatic heterocycles. The SMILES string of the molecule is CCCCCCC(C)CCCC(C)CO. The summed E-state index contributed by atoms with van der Waals surface area (Å²) in [5.74, 6) is 1.38. The first-order valence-electron chi connectivity index (χ1n) is 6.81. The minimum atomic E-state index is 0.352. The molecule has 0 amide bonds. The Morgan fingerprint density at radius 1 is 0.800 bits per heavy atom. The third-order valence-electron chi connectivity index (χ3n) is 3.26. The van der Waals surface area contributed by atoms with Crippen molar-refractivity contribution in [2.24, 2.45) is 11.8 Å². The molecular formula is C14H30O. The van der Waals surface area contributed by atoms with Crippen molar-refractivity contribution in [1.29, 1.82) is 0 Å². The van der Waals surface area contributed by atoms with Gasteiger partial charge in [-0.3, -0.25) is 0 Å². The average molecular weight is 214 g/mol. The van der Waals surface area contributed by atoms with Crippen LogP contribution in [0.5, 0.6) is 0 Å². The normalized spacial score (nSPS) is 15.2. The highest BCUT2D eigenvalue weighted by atomic mass is 16.3. The fourth-order valence-corrected chi connectivity index (χ4v) is 1.97. The quantitative estimate of drug-likeness (QED) is 0.535. The topological polar surface area (TPSA) is 20.2 Å². The van der Waals surface area contributed by atoms with E-state index in [1.807, 2.05) is 0 Å². The Kier molecular flexibility index (Phi) is 10.4. The molecule has 0 saturated carbocycles. The molecule has 1 heteroatoms. The van der Waals surface area contributed by atoms with Gasteiger partial charge in [-0.05, 0) is 18.3 Å². The Balaban J connectivity index is 3.21. The molecule has 92 valence electrons. The van der Waals surface area contributed by atoms with Gasteiger partial charge in [-0.2, -0.15) is 0 Å². The van der Waals surface area contributed by atoms with Crippen LogP contribution < -0.4 is 0 Å². The van der Waals surface area contributed by atoms with E-state index in [9.17, 15) is 0 Å². The molecule has 0 aromatic carbocycles. The van der Waals surface area contributed by atoms with Crippen LogP contribution in [0, 0.1) is 11.8 Å². The largest absolute Gasteiger partial charge is 0.396 e. The number of hydrogen-bond donors (Lipinski definition) is 1. The maximum Gasteiger partial charge on any atom is 0.0456 e. The minimum absolute atomic E-state index is 0.352. The smallest absolute Gasteiger partial charge is 0.0456 e. The van der Waals surface area contributed by atoms with Gasteiger partial charge in [-0.15, -0.1) is 0 Å². The lowest BCUT2D eigenvalue weighted by Gasteiger charge is -2.12. The molecule has 2 unspecified atom stereocenters. The summed E-state index contributed by atoms with van der Waals surface area (Å²) < 4.78 is 0. The molecule has 0 aliphatic carbocycles. The van der Waals surface area contributed by atoms with Crippen molar-refractivity contribution >= 4 is 0 Å². The van der Waals surface area contributed by atoms with Crippen molar-refractivity contribution in [3.05, 3.63) is 0 Å². The van der Waals surface area contributed by atoms with Gasteiger partial charge in [0.2, 0.25) is 0 Å². The van der Waals surface area contributed by atoms with Crippen LogP contribution in [0.3, 0.4) is 0 Å². The van der Waals surface area contributed by atoms with Crippen LogP contribution in [0.25, 0.3) is 0 Å². The average Bonchev–Trinajstić information content (AvgIpc) is 2.24. The van der Waals surface area contributed by atoms with Crippen LogP contribution in [-0.4, -0.2) is 11.7 Å². The number of rotatable bonds is 10. The molecule has 0 saturated heterocycles. The molecular weight excluding hydrogens is 184 g/mol. The molecule has 0 heterocycles. The Labute approximate surface area is 96.3 Å². The van der Waals surface area contributed by atoms with Crippen LogP contribution in [0.15, 0.2) is 0 Å². The molecule has 0 spiro atoms. The fourth-order valence-electron chi connectivity index (χ4n) is 1.97. The summed E-state index contributed by atoms with van der Waals surface area (Å²) in [6.45, 7) is 7.12. The first-order valence-corrected chi connectivity index (χ1v) is 6.81. The van der Waals surface area contributed by atoms with Crippen molar-refractivity contribution < 1.29 is 5.11 Å². The standard InChI is InChI=1S/C14H30O/c1-4-5-6-7-9-13(2)10-8-11-14(3)12-15/h13-15H,4-12H2,1-3H3. The molecule has 0 rings (SSSR count). The lowest BCUT2D eigenvalue weighted by Crippen LogP contribution is -2.02. The Hall–Kier alpha value is -0.0400. The minimum Gasteiger partial charge on any atom is -0.396 e. The zero-order valence-corrected chi connectivity index (χ0v) is 11.0. The number of hydrogen-bond acceptors (Lipinski definition) is 1. The fraction of sp³-hybridized carbons (Fsp3) is 1.00. The van der Waals surface area contributed by atoms with E-state index in [2.05, 4.69) is 20.8 Å². The molecule has 15 heavy (non-hydrogen) atoms. The van der Waals surface area contributed by atoms with E-state index in [1.165, 1.54) is 51.4 Å². The van der Waals surface area contributed by atoms with E-state index in [4.69, 9.17) is 5.11 Å². The zero-order chi connectivity index (χ0) is 11.5. The van der Waals surface area contributed by atoms with Crippen molar-refractivity contribution in [2.75, 3.05) is 6.61 Å². The summed E-state index contributed by atoms with van der Waals surface area (Å²) in [4.78, 5) is 0. The van der Waals surface area contributed by atoms with E-state index in [0.29, 0.717) is 12.5 Å². The molecule has 0 radical (unpaired) electrons. The highest BCUT2D eigenvalue weighted by Crippen LogP contribution is 2.18. The Morgan fingerprint density at radius 3 is 2.00 bits per heavy atom. The van der Waals surface area contributed by atoms with Crippen molar-refractivity contribution in [1.82, 2.24) is 0 Å². The number of aliphatic hydroxyl groups excluding tert-OH is 1. The van der Waals surface area contributed by atoms with Gasteiger partial charge in [0.05, 0.1) is 0 Å². The van der Waals surface area contributed by atoms with Gasteiger partial charge in [0.15, 0.2) is 0 Å². The van der Waals surface area contributed by atoms with Gasteiger partial charge in [0.1, 0.15) is 0 Å². The van der Waals surface area contributed by atoms with Crippen LogP contribution >= 0.6 is 0 Å². The first kappa shape index (κ1) is 15.0. The summed E-state index contributed by atoms with van der Waals surface area (Å²) in [5.41, 5.74) is 0. The van der Waals surface area contributed by atoms with E-state index in [0.717, 1.165) is 5.92 Å². The predicted molar refractivity (Wildman–Crippen MR) is 68.0 cm³/mol. The molecule has 1 nitrogen and oxygen atoms in total. The summed E-state index contributed by atoms with van der Waals surface area (Å²) in [6, 6.07) is 0. The Bertz CT molecular complexity index is 123. The third kappa shape index (κ3) is 10.2. The summed E-state index contributed by atoms with van der Waals surface area (Å²) in [5, 5.41) is 8.90. The van der Waals surface area contributed by atoms with E-state index in [-0.39, 0.29) is 0 Å². The lowest BCUT2D eigenvalue weighted by atomic mass is 9.95. The van der Waals surface area contributed by atoms with Gasteiger partial charge in [-0.25, -0.2) is 0 Å². The second-order valence-corrected chi connectivity index (χ2v) is 5.17. The summed E-state index contributed by atoms with van der Waals surface area (Å²) in [6.07, 6.45) is 10.8. The maximum atomic E-state index is 8.90. The van der Waals surface area contributed by atoms with Crippen LogP contribution in [0.4, 0.5) is 0 Å². The molecule has 0 bridgehead atoms. The van der Waals surface area contributed by atoms with Crippen molar-refractivity contribution in [2.45, 2.75) is 72.1 Å². The first-order chi connectivity index (χ1) is 7.20. The molecule has 2 atom stereocenters. The number of aliphatic hydroxyl groups is 1. The summed E-state index contributed by atoms with van der Waals surface area (Å²) in [7, 11) is 0. The second-order valence-electron chi connectivity index (χ2n) is 5.17. The van der Waals surface area contributed by atoms with Crippen molar-refractivity contribution in [3.8, 4) is 0 Å². The Morgan fingerprint density at radius 2 is 1.40 bits per heavy atom. The summed E-state index contributed by atoms with van der Waals surface area (Å²) >= 11 is 0. The van der Waals surface area contributed by atoms with E-state index in [1.54, 1.807) is 0 Å². The van der Waals surface area contributed by atoms with E-state index < -0.39 is 0 Å². The maximum absolute atomic E-state index is 8.90. The lowest BCUT2D eigenvalue weighted by molar-refractivity contribution is 0.225. The van der Waals surface area contributed by atoms with Gasteiger partial charge in [-0.1, -0.05) is 65.7 Å². The van der Waals surface area contributed by atoms with Gasteiger partial charge in [0.25, 0.3) is 0 Å². The van der Waals surface area contributed by atoms with Gasteiger partial charge in [0, 0.05) is 6.61 Å². The molecule has 0 aromatic heterocycles. The predicted octanol–water partition coefficient (Wildman–Crippen LogP) is 4.39. The highest BCUT2D eigenvalue weighted by Gasteiger charge is 2.04. The van der Waals surface area contributed by atoms with Gasteiger partial charge < -0.3 is 5.11 Å². The monoisotopic (exact) mass is 214 g/mol. The second kappa shape index (κ2) is 10.5. The third-order valence-corrected chi connectivity index (χ3v) is 3.26. The molecule has 0 fully saturated rings. The van der Waals surface area contributed by atoms with Crippen molar-refractivity contribution in [3.63, 3.8) is 0 Å². The molecule has 0 aliphatic rings. The van der Waals surface area contributed by atoms with E-state index >= 15 is 0 Å². The zero-order valence-electron chi connectivity index (χ0n) is 11.0. The van der Waals surface area contributed by atoms with Crippen LogP contribution in [0.1, 0.15) is 72.1 Å².